The van der Waals surface area contributed by atoms with Crippen LogP contribution >= 0.6 is 0 Å². The van der Waals surface area contributed by atoms with Crippen LogP contribution in [0.4, 0.5) is 0 Å². The van der Waals surface area contributed by atoms with E-state index in [0.717, 1.165) is 6.08 Å². The molecule has 4 heteroatoms. The first-order chi connectivity index (χ1) is 4.18. The van der Waals surface area contributed by atoms with Crippen LogP contribution in [-0.4, -0.2) is 12.0 Å². The first-order valence-corrected chi connectivity index (χ1v) is 2.46. The minimum absolute atomic E-state index is 0.262. The van der Waals surface area contributed by atoms with Gasteiger partial charge in [0.2, 0.25) is 0 Å². The molecule has 0 aliphatic carbocycles. The van der Waals surface area contributed by atoms with Gasteiger partial charge in [-0.3, -0.25) is 0 Å². The van der Waals surface area contributed by atoms with E-state index < -0.39 is 5.97 Å². The van der Waals surface area contributed by atoms with Crippen molar-refractivity contribution in [2.75, 3.05) is 0 Å². The van der Waals surface area contributed by atoms with Crippen LogP contribution in [0, 0.1) is 5.92 Å². The van der Waals surface area contributed by atoms with Gasteiger partial charge in [-0.2, -0.15) is 0 Å². The molecule has 9 heavy (non-hydrogen) atoms. The Morgan fingerprint density at radius 2 is 2.22 bits per heavy atom. The van der Waals surface area contributed by atoms with E-state index in [4.69, 9.17) is 0 Å². The summed E-state index contributed by atoms with van der Waals surface area (Å²) in [6, 6.07) is 0. The number of carbonyl (C=O) groups excluding carboxylic acids is 2. The van der Waals surface area contributed by atoms with Gasteiger partial charge in [0.1, 0.15) is 0 Å². The van der Waals surface area contributed by atoms with E-state index in [1.54, 1.807) is 13.8 Å². The van der Waals surface area contributed by atoms with Crippen molar-refractivity contribution in [2.24, 2.45) is 11.1 Å². The van der Waals surface area contributed by atoms with E-state index in [-0.39, 0.29) is 5.92 Å². The Kier molecular flexibility index (Phi) is 3.32. The molecule has 0 unspecified atom stereocenters. The lowest BCUT2D eigenvalue weighted by Gasteiger charge is -1.95. The van der Waals surface area contributed by atoms with Gasteiger partial charge in [0.05, 0.1) is 5.92 Å². The zero-order chi connectivity index (χ0) is 7.28. The molecule has 0 spiro atoms. The molecule has 0 aromatic rings. The molecule has 0 heterocycles. The van der Waals surface area contributed by atoms with E-state index in [2.05, 4.69) is 9.99 Å². The second-order valence-corrected chi connectivity index (χ2v) is 1.75. The molecular formula is C5H7NO3. The summed E-state index contributed by atoms with van der Waals surface area (Å²) < 4.78 is 0. The van der Waals surface area contributed by atoms with Crippen LogP contribution < -0.4 is 0 Å². The molecule has 0 bridgehead atoms. The maximum atomic E-state index is 10.4. The number of carbonyl (C=O) groups is 1. The van der Waals surface area contributed by atoms with Gasteiger partial charge in [0, 0.05) is 5.16 Å². The smallest absolute Gasteiger partial charge is 0.306 e. The lowest BCUT2D eigenvalue weighted by Crippen LogP contribution is -2.07. The van der Waals surface area contributed by atoms with Gasteiger partial charge in [0.15, 0.2) is 0 Å². The summed E-state index contributed by atoms with van der Waals surface area (Å²) >= 11 is 0. The summed E-state index contributed by atoms with van der Waals surface area (Å²) in [4.78, 5) is 23.8. The fourth-order valence-corrected chi connectivity index (χ4v) is 0.169. The van der Waals surface area contributed by atoms with Crippen molar-refractivity contribution in [1.29, 1.82) is 0 Å². The summed E-state index contributed by atoms with van der Waals surface area (Å²) in [5.74, 6) is -0.791. The van der Waals surface area contributed by atoms with Crippen LogP contribution in [0.15, 0.2) is 5.16 Å². The van der Waals surface area contributed by atoms with Gasteiger partial charge in [-0.15, -0.1) is 0 Å². The predicted octanol–water partition coefficient (Wildman–Crippen LogP) is 0.436. The molecule has 0 N–H and O–H groups in total. The van der Waals surface area contributed by atoms with Crippen LogP contribution in [-0.2, 0) is 14.4 Å². The molecule has 0 rings (SSSR count). The number of hydrogen-bond acceptors (Lipinski definition) is 4. The Morgan fingerprint density at radius 3 is 2.56 bits per heavy atom. The molecule has 50 valence electrons. The maximum Gasteiger partial charge on any atom is 0.338 e. The molecular weight excluding hydrogens is 122 g/mol. The van der Waals surface area contributed by atoms with E-state index in [0.29, 0.717) is 0 Å². The SMILES string of the molecule is CC(C)C(=O)ON=C=O. The topological polar surface area (TPSA) is 55.7 Å². The van der Waals surface area contributed by atoms with Gasteiger partial charge >= 0.3 is 5.97 Å². The Balaban J connectivity index is 3.64. The zero-order valence-electron chi connectivity index (χ0n) is 5.25. The molecule has 0 aromatic carbocycles. The first-order valence-electron chi connectivity index (χ1n) is 2.46. The standard InChI is InChI=1S/C5H7NO3/c1-4(2)5(8)9-6-3-7/h4H,1-2H3. The van der Waals surface area contributed by atoms with Gasteiger partial charge in [0.25, 0.3) is 6.08 Å². The van der Waals surface area contributed by atoms with E-state index in [9.17, 15) is 9.59 Å². The number of isocyanates is 1. The normalized spacial score (nSPS) is 8.33. The van der Waals surface area contributed by atoms with Gasteiger partial charge < -0.3 is 4.84 Å². The lowest BCUT2D eigenvalue weighted by atomic mass is 10.2. The fourth-order valence-electron chi connectivity index (χ4n) is 0.169. The quantitative estimate of drug-likeness (QED) is 0.235. The van der Waals surface area contributed by atoms with Crippen molar-refractivity contribution in [2.45, 2.75) is 13.8 Å². The molecule has 0 atom stereocenters. The van der Waals surface area contributed by atoms with E-state index in [1.807, 2.05) is 0 Å². The minimum Gasteiger partial charge on any atom is -0.306 e. The molecule has 0 saturated carbocycles. The minimum atomic E-state index is -0.529. The third kappa shape index (κ3) is 3.43. The monoisotopic (exact) mass is 129 g/mol. The average molecular weight is 129 g/mol. The summed E-state index contributed by atoms with van der Waals surface area (Å²) in [7, 11) is 0. The largest absolute Gasteiger partial charge is 0.338 e. The highest BCUT2D eigenvalue weighted by Crippen LogP contribution is 1.94. The van der Waals surface area contributed by atoms with Crippen LogP contribution in [0.2, 0.25) is 0 Å². The Hall–Kier alpha value is -1.15. The van der Waals surface area contributed by atoms with Crippen LogP contribution in [0.5, 0.6) is 0 Å². The third-order valence-electron chi connectivity index (χ3n) is 0.644. The lowest BCUT2D eigenvalue weighted by molar-refractivity contribution is -0.147. The molecule has 0 amide bonds. The highest BCUT2D eigenvalue weighted by molar-refractivity contribution is 5.71. The van der Waals surface area contributed by atoms with Crippen LogP contribution in [0.25, 0.3) is 0 Å². The van der Waals surface area contributed by atoms with Crippen molar-refractivity contribution >= 4 is 12.0 Å². The van der Waals surface area contributed by atoms with Gasteiger partial charge in [-0.05, 0) is 0 Å². The van der Waals surface area contributed by atoms with Crippen molar-refractivity contribution in [3.05, 3.63) is 0 Å². The zero-order valence-corrected chi connectivity index (χ0v) is 5.25. The molecule has 0 aromatic heterocycles. The molecule has 0 radical (unpaired) electrons. The summed E-state index contributed by atoms with van der Waals surface area (Å²) in [5, 5.41) is 2.64. The Labute approximate surface area is 52.5 Å². The second kappa shape index (κ2) is 3.80. The summed E-state index contributed by atoms with van der Waals surface area (Å²) in [6.45, 7) is 3.28. The summed E-state index contributed by atoms with van der Waals surface area (Å²) in [6.07, 6.45) is 1.09. The van der Waals surface area contributed by atoms with E-state index in [1.165, 1.54) is 0 Å². The number of rotatable bonds is 2. The van der Waals surface area contributed by atoms with Gasteiger partial charge in [-0.1, -0.05) is 13.8 Å². The molecule has 0 aliphatic heterocycles. The maximum absolute atomic E-state index is 10.4. The second-order valence-electron chi connectivity index (χ2n) is 1.75. The average Bonchev–Trinajstić information content (AvgIpc) is 1.82. The first kappa shape index (κ1) is 7.85. The van der Waals surface area contributed by atoms with Crippen molar-refractivity contribution in [1.82, 2.24) is 0 Å². The third-order valence-corrected chi connectivity index (χ3v) is 0.644. The molecule has 4 nitrogen and oxygen atoms in total. The van der Waals surface area contributed by atoms with Crippen molar-refractivity contribution in [3.63, 3.8) is 0 Å². The van der Waals surface area contributed by atoms with Gasteiger partial charge in [-0.25, -0.2) is 9.59 Å². The van der Waals surface area contributed by atoms with Crippen molar-refractivity contribution in [3.8, 4) is 0 Å². The molecule has 0 fully saturated rings. The van der Waals surface area contributed by atoms with Crippen LogP contribution in [0.1, 0.15) is 13.8 Å². The van der Waals surface area contributed by atoms with Crippen LogP contribution in [0.3, 0.4) is 0 Å². The highest BCUT2D eigenvalue weighted by atomic mass is 16.7. The Morgan fingerprint density at radius 1 is 1.67 bits per heavy atom. The van der Waals surface area contributed by atoms with E-state index >= 15 is 0 Å². The Bertz CT molecular complexity index is 146. The highest BCUT2D eigenvalue weighted by Gasteiger charge is 2.06. The molecule has 0 aliphatic rings. The summed E-state index contributed by atoms with van der Waals surface area (Å²) in [5.41, 5.74) is 0. The number of nitrogens with zero attached hydrogens (tertiary/aromatic N) is 1. The number of hydrogen-bond donors (Lipinski definition) is 0. The predicted molar refractivity (Wildman–Crippen MR) is 29.1 cm³/mol. The fraction of sp³-hybridized carbons (Fsp3) is 0.600. The van der Waals surface area contributed by atoms with Crippen molar-refractivity contribution < 1.29 is 14.4 Å². The molecule has 0 saturated heterocycles.